The SMILES string of the molecule is Cc1ccc(C=O)cc1-c1cn(C)cn1. The molecule has 0 spiro atoms. The van der Waals surface area contributed by atoms with Crippen LogP contribution in [0.4, 0.5) is 0 Å². The molecule has 0 N–H and O–H groups in total. The van der Waals surface area contributed by atoms with Crippen LogP contribution in [0.25, 0.3) is 11.3 Å². The monoisotopic (exact) mass is 200 g/mol. The predicted molar refractivity (Wildman–Crippen MR) is 58.8 cm³/mol. The molecule has 0 amide bonds. The lowest BCUT2D eigenvalue weighted by molar-refractivity contribution is 0.112. The van der Waals surface area contributed by atoms with Gasteiger partial charge in [0, 0.05) is 24.4 Å². The van der Waals surface area contributed by atoms with Gasteiger partial charge >= 0.3 is 0 Å². The molecule has 2 rings (SSSR count). The summed E-state index contributed by atoms with van der Waals surface area (Å²) in [6.45, 7) is 2.01. The molecule has 76 valence electrons. The largest absolute Gasteiger partial charge is 0.340 e. The molecule has 0 saturated heterocycles. The van der Waals surface area contributed by atoms with E-state index in [2.05, 4.69) is 4.98 Å². The average Bonchev–Trinajstić information content (AvgIpc) is 2.65. The fourth-order valence-electron chi connectivity index (χ4n) is 1.54. The van der Waals surface area contributed by atoms with Crippen LogP contribution in [0.15, 0.2) is 30.7 Å². The van der Waals surface area contributed by atoms with Crippen LogP contribution in [-0.4, -0.2) is 15.8 Å². The van der Waals surface area contributed by atoms with Gasteiger partial charge in [0.1, 0.15) is 6.29 Å². The molecule has 0 aliphatic rings. The summed E-state index contributed by atoms with van der Waals surface area (Å²) in [6.07, 6.45) is 4.55. The molecule has 1 heterocycles. The fraction of sp³-hybridized carbons (Fsp3) is 0.167. The highest BCUT2D eigenvalue weighted by molar-refractivity contribution is 5.79. The topological polar surface area (TPSA) is 34.9 Å². The summed E-state index contributed by atoms with van der Waals surface area (Å²) < 4.78 is 1.89. The van der Waals surface area contributed by atoms with Crippen molar-refractivity contribution in [3.05, 3.63) is 41.9 Å². The molecule has 0 unspecified atom stereocenters. The molecule has 0 saturated carbocycles. The van der Waals surface area contributed by atoms with E-state index in [1.54, 1.807) is 6.33 Å². The van der Waals surface area contributed by atoms with Crippen molar-refractivity contribution in [1.29, 1.82) is 0 Å². The number of carbonyl (C=O) groups excluding carboxylic acids is 1. The van der Waals surface area contributed by atoms with E-state index in [1.807, 2.05) is 42.9 Å². The molecule has 0 aliphatic carbocycles. The smallest absolute Gasteiger partial charge is 0.150 e. The van der Waals surface area contributed by atoms with Crippen molar-refractivity contribution < 1.29 is 4.79 Å². The van der Waals surface area contributed by atoms with Crippen molar-refractivity contribution in [1.82, 2.24) is 9.55 Å². The van der Waals surface area contributed by atoms with Crippen LogP contribution < -0.4 is 0 Å². The minimum atomic E-state index is 0.682. The Morgan fingerprint density at radius 2 is 2.20 bits per heavy atom. The average molecular weight is 200 g/mol. The third-order valence-electron chi connectivity index (χ3n) is 2.38. The van der Waals surface area contributed by atoms with Gasteiger partial charge < -0.3 is 4.57 Å². The van der Waals surface area contributed by atoms with Crippen molar-refractivity contribution >= 4 is 6.29 Å². The van der Waals surface area contributed by atoms with E-state index >= 15 is 0 Å². The highest BCUT2D eigenvalue weighted by atomic mass is 16.1. The van der Waals surface area contributed by atoms with Gasteiger partial charge in [0.05, 0.1) is 12.0 Å². The summed E-state index contributed by atoms with van der Waals surface area (Å²) in [5.74, 6) is 0. The molecule has 0 bridgehead atoms. The first-order chi connectivity index (χ1) is 7.20. The second-order valence-corrected chi connectivity index (χ2v) is 3.62. The van der Waals surface area contributed by atoms with Crippen LogP contribution in [0.1, 0.15) is 15.9 Å². The number of carbonyl (C=O) groups is 1. The Hall–Kier alpha value is -1.90. The number of imidazole rings is 1. The second kappa shape index (κ2) is 3.69. The highest BCUT2D eigenvalue weighted by Gasteiger charge is 2.05. The van der Waals surface area contributed by atoms with Crippen molar-refractivity contribution in [2.45, 2.75) is 6.92 Å². The quantitative estimate of drug-likeness (QED) is 0.696. The lowest BCUT2D eigenvalue weighted by atomic mass is 10.0. The van der Waals surface area contributed by atoms with Gasteiger partial charge in [-0.25, -0.2) is 4.98 Å². The second-order valence-electron chi connectivity index (χ2n) is 3.62. The van der Waals surface area contributed by atoms with Crippen LogP contribution >= 0.6 is 0 Å². The molecule has 15 heavy (non-hydrogen) atoms. The van der Waals surface area contributed by atoms with Gasteiger partial charge in [-0.05, 0) is 18.6 Å². The van der Waals surface area contributed by atoms with Gasteiger partial charge in [-0.2, -0.15) is 0 Å². The number of benzene rings is 1. The summed E-state index contributed by atoms with van der Waals surface area (Å²) in [5.41, 5.74) is 3.72. The minimum Gasteiger partial charge on any atom is -0.340 e. The van der Waals surface area contributed by atoms with Crippen LogP contribution in [0, 0.1) is 6.92 Å². The van der Waals surface area contributed by atoms with Crippen molar-refractivity contribution in [2.24, 2.45) is 7.05 Å². The fourth-order valence-corrected chi connectivity index (χ4v) is 1.54. The van der Waals surface area contributed by atoms with E-state index in [9.17, 15) is 4.79 Å². The third-order valence-corrected chi connectivity index (χ3v) is 2.38. The standard InChI is InChI=1S/C12H12N2O/c1-9-3-4-10(7-15)5-11(9)12-6-14(2)8-13-12/h3-8H,1-2H3. The zero-order valence-electron chi connectivity index (χ0n) is 8.77. The van der Waals surface area contributed by atoms with Gasteiger partial charge in [-0.1, -0.05) is 12.1 Å². The minimum absolute atomic E-state index is 0.682. The number of hydrogen-bond donors (Lipinski definition) is 0. The third kappa shape index (κ3) is 1.81. The van der Waals surface area contributed by atoms with Gasteiger partial charge in [0.15, 0.2) is 0 Å². The number of aryl methyl sites for hydroxylation is 2. The van der Waals surface area contributed by atoms with Crippen molar-refractivity contribution in [2.75, 3.05) is 0 Å². The Bertz CT molecular complexity index is 500. The number of aromatic nitrogens is 2. The first-order valence-electron chi connectivity index (χ1n) is 4.75. The Morgan fingerprint density at radius 1 is 1.40 bits per heavy atom. The molecule has 0 fully saturated rings. The summed E-state index contributed by atoms with van der Waals surface area (Å²) in [4.78, 5) is 15.0. The van der Waals surface area contributed by atoms with Gasteiger partial charge in [0.25, 0.3) is 0 Å². The van der Waals surface area contributed by atoms with E-state index in [1.165, 1.54) is 0 Å². The summed E-state index contributed by atoms with van der Waals surface area (Å²) in [5, 5.41) is 0. The van der Waals surface area contributed by atoms with E-state index in [0.29, 0.717) is 5.56 Å². The number of hydrogen-bond acceptors (Lipinski definition) is 2. The summed E-state index contributed by atoms with van der Waals surface area (Å²) in [6, 6.07) is 5.62. The van der Waals surface area contributed by atoms with Gasteiger partial charge in [0.2, 0.25) is 0 Å². The van der Waals surface area contributed by atoms with Gasteiger partial charge in [-0.15, -0.1) is 0 Å². The normalized spacial score (nSPS) is 10.3. The zero-order chi connectivity index (χ0) is 10.8. The first kappa shape index (κ1) is 9.65. The van der Waals surface area contributed by atoms with Gasteiger partial charge in [-0.3, -0.25) is 4.79 Å². The lowest BCUT2D eigenvalue weighted by Gasteiger charge is -2.02. The molecular weight excluding hydrogens is 188 g/mol. The first-order valence-corrected chi connectivity index (χ1v) is 4.75. The molecule has 1 aromatic carbocycles. The summed E-state index contributed by atoms with van der Waals surface area (Å²) >= 11 is 0. The van der Waals surface area contributed by atoms with Crippen LogP contribution in [0.3, 0.4) is 0 Å². The molecular formula is C12H12N2O. The van der Waals surface area contributed by atoms with Crippen molar-refractivity contribution in [3.8, 4) is 11.3 Å². The summed E-state index contributed by atoms with van der Waals surface area (Å²) in [7, 11) is 1.93. The van der Waals surface area contributed by atoms with Crippen molar-refractivity contribution in [3.63, 3.8) is 0 Å². The van der Waals surface area contributed by atoms with E-state index in [-0.39, 0.29) is 0 Å². The lowest BCUT2D eigenvalue weighted by Crippen LogP contribution is -1.87. The highest BCUT2D eigenvalue weighted by Crippen LogP contribution is 2.22. The van der Waals surface area contributed by atoms with Crippen LogP contribution in [-0.2, 0) is 7.05 Å². The number of rotatable bonds is 2. The maximum Gasteiger partial charge on any atom is 0.150 e. The molecule has 2 aromatic rings. The molecule has 3 nitrogen and oxygen atoms in total. The number of aldehydes is 1. The maximum atomic E-state index is 10.7. The Kier molecular flexibility index (Phi) is 2.37. The molecule has 0 atom stereocenters. The maximum absolute atomic E-state index is 10.7. The zero-order valence-corrected chi connectivity index (χ0v) is 8.77. The number of nitrogens with zero attached hydrogens (tertiary/aromatic N) is 2. The molecule has 0 aliphatic heterocycles. The van der Waals surface area contributed by atoms with E-state index in [0.717, 1.165) is 23.1 Å². The molecule has 0 radical (unpaired) electrons. The Morgan fingerprint density at radius 3 is 2.80 bits per heavy atom. The predicted octanol–water partition coefficient (Wildman–Crippen LogP) is 2.21. The Balaban J connectivity index is 2.55. The van der Waals surface area contributed by atoms with E-state index < -0.39 is 0 Å². The molecule has 3 heteroatoms. The van der Waals surface area contributed by atoms with E-state index in [4.69, 9.17) is 0 Å². The molecule has 1 aromatic heterocycles. The van der Waals surface area contributed by atoms with Crippen LogP contribution in [0.5, 0.6) is 0 Å². The Labute approximate surface area is 88.4 Å². The van der Waals surface area contributed by atoms with Crippen LogP contribution in [0.2, 0.25) is 0 Å².